The molecule has 0 fully saturated rings. The second-order valence-corrected chi connectivity index (χ2v) is 7.26. The monoisotopic (exact) mass is 425 g/mol. The van der Waals surface area contributed by atoms with Gasteiger partial charge in [-0.25, -0.2) is 0 Å². The van der Waals surface area contributed by atoms with Crippen LogP contribution in [0, 0.1) is 0 Å². The van der Waals surface area contributed by atoms with Crippen LogP contribution in [0.25, 0.3) is 0 Å². The number of para-hydroxylation sites is 2. The molecule has 0 aliphatic rings. The number of aliphatic imine (C=N–C) groups is 1. The number of aromatic hydroxyl groups is 1. The van der Waals surface area contributed by atoms with E-state index in [0.29, 0.717) is 33.2 Å². The highest BCUT2D eigenvalue weighted by atomic mass is 35.5. The number of ether oxygens (including phenoxy) is 2. The van der Waals surface area contributed by atoms with Crippen LogP contribution >= 0.6 is 11.6 Å². The number of hydrogen-bond donors (Lipinski definition) is 2. The van der Waals surface area contributed by atoms with Crippen molar-refractivity contribution < 1.29 is 19.7 Å². The summed E-state index contributed by atoms with van der Waals surface area (Å²) in [6, 6.07) is 18.5. The van der Waals surface area contributed by atoms with Gasteiger partial charge in [0.1, 0.15) is 22.8 Å². The second-order valence-electron chi connectivity index (χ2n) is 6.82. The van der Waals surface area contributed by atoms with Crippen molar-refractivity contribution in [3.05, 3.63) is 88.4 Å². The number of aliphatic hydroxyl groups is 1. The zero-order valence-electron chi connectivity index (χ0n) is 17.0. The molecule has 0 aliphatic carbocycles. The van der Waals surface area contributed by atoms with Crippen LogP contribution in [0.5, 0.6) is 17.2 Å². The number of phenolic OH excluding ortho intramolecular Hbond substituents is 1. The van der Waals surface area contributed by atoms with E-state index in [1.165, 1.54) is 12.3 Å². The summed E-state index contributed by atoms with van der Waals surface area (Å²) in [5.74, 6) is 1.10. The lowest BCUT2D eigenvalue weighted by atomic mass is 9.80. The molecule has 3 aromatic rings. The minimum atomic E-state index is -1.57. The summed E-state index contributed by atoms with van der Waals surface area (Å²) in [5.41, 5.74) is -0.00475. The Kier molecular flexibility index (Phi) is 6.65. The lowest BCUT2D eigenvalue weighted by Crippen LogP contribution is -2.38. The molecule has 0 heterocycles. The minimum Gasteiger partial charge on any atom is -0.507 e. The van der Waals surface area contributed by atoms with Gasteiger partial charge in [-0.05, 0) is 37.3 Å². The van der Waals surface area contributed by atoms with Crippen LogP contribution in [0.4, 0.5) is 0 Å². The maximum absolute atomic E-state index is 12.1. The van der Waals surface area contributed by atoms with Crippen molar-refractivity contribution in [3.8, 4) is 17.2 Å². The Hall–Kier alpha value is -3.02. The van der Waals surface area contributed by atoms with Crippen molar-refractivity contribution in [3.63, 3.8) is 0 Å². The Balaban J connectivity index is 2.16. The van der Waals surface area contributed by atoms with Gasteiger partial charge in [-0.1, -0.05) is 48.0 Å². The molecule has 0 bridgehead atoms. The summed E-state index contributed by atoms with van der Waals surface area (Å²) < 4.78 is 11.0. The Bertz CT molecular complexity index is 1000. The SMILES string of the molecule is COc1ccccc1C(O)(c1ccccc1OC)C(C)N=Cc1cc(Cl)ccc1O. The number of rotatable bonds is 7. The minimum absolute atomic E-state index is 0.0495. The molecule has 3 aromatic carbocycles. The Morgan fingerprint density at radius 3 is 2.00 bits per heavy atom. The molecule has 156 valence electrons. The first kappa shape index (κ1) is 21.7. The fraction of sp³-hybridized carbons (Fsp3) is 0.208. The van der Waals surface area contributed by atoms with Crippen LogP contribution < -0.4 is 9.47 Å². The van der Waals surface area contributed by atoms with E-state index in [0.717, 1.165) is 0 Å². The van der Waals surface area contributed by atoms with Crippen LogP contribution in [0.1, 0.15) is 23.6 Å². The summed E-state index contributed by atoms with van der Waals surface area (Å²) in [6.07, 6.45) is 1.50. The van der Waals surface area contributed by atoms with Gasteiger partial charge in [-0.15, -0.1) is 0 Å². The molecule has 0 amide bonds. The van der Waals surface area contributed by atoms with E-state index < -0.39 is 11.6 Å². The molecule has 6 heteroatoms. The number of methoxy groups -OCH3 is 2. The van der Waals surface area contributed by atoms with Gasteiger partial charge in [-0.3, -0.25) is 4.99 Å². The second kappa shape index (κ2) is 9.20. The zero-order valence-corrected chi connectivity index (χ0v) is 17.8. The van der Waals surface area contributed by atoms with Crippen molar-refractivity contribution in [1.29, 1.82) is 0 Å². The van der Waals surface area contributed by atoms with E-state index in [2.05, 4.69) is 4.99 Å². The molecule has 3 rings (SSSR count). The Morgan fingerprint density at radius 2 is 1.47 bits per heavy atom. The average Bonchev–Trinajstić information content (AvgIpc) is 2.78. The fourth-order valence-electron chi connectivity index (χ4n) is 3.44. The number of phenols is 1. The maximum Gasteiger partial charge on any atom is 0.144 e. The van der Waals surface area contributed by atoms with Crippen LogP contribution in [0.2, 0.25) is 5.02 Å². The Labute approximate surface area is 181 Å². The summed E-state index contributed by atoms with van der Waals surface area (Å²) in [6.45, 7) is 1.79. The molecule has 0 saturated carbocycles. The van der Waals surface area contributed by atoms with Crippen LogP contribution in [0.3, 0.4) is 0 Å². The summed E-state index contributed by atoms with van der Waals surface area (Å²) in [7, 11) is 3.11. The van der Waals surface area contributed by atoms with Crippen molar-refractivity contribution in [2.75, 3.05) is 14.2 Å². The predicted octanol–water partition coefficient (Wildman–Crippen LogP) is 4.81. The number of benzene rings is 3. The molecule has 1 unspecified atom stereocenters. The van der Waals surface area contributed by atoms with Crippen molar-refractivity contribution >= 4 is 17.8 Å². The van der Waals surface area contributed by atoms with Gasteiger partial charge in [0.25, 0.3) is 0 Å². The molecule has 30 heavy (non-hydrogen) atoms. The van der Waals surface area contributed by atoms with E-state index in [9.17, 15) is 10.2 Å². The highest BCUT2D eigenvalue weighted by Gasteiger charge is 2.42. The van der Waals surface area contributed by atoms with E-state index in [-0.39, 0.29) is 5.75 Å². The molecular formula is C24H24ClNO4. The van der Waals surface area contributed by atoms with Crippen LogP contribution in [-0.4, -0.2) is 36.7 Å². The molecule has 1 atom stereocenters. The summed E-state index contributed by atoms with van der Waals surface area (Å²) in [4.78, 5) is 4.57. The van der Waals surface area contributed by atoms with Gasteiger partial charge < -0.3 is 19.7 Å². The molecule has 5 nitrogen and oxygen atoms in total. The van der Waals surface area contributed by atoms with Gasteiger partial charge in [0.2, 0.25) is 0 Å². The molecule has 0 radical (unpaired) electrons. The van der Waals surface area contributed by atoms with Crippen molar-refractivity contribution in [2.45, 2.75) is 18.6 Å². The Morgan fingerprint density at radius 1 is 0.933 bits per heavy atom. The van der Waals surface area contributed by atoms with E-state index in [1.54, 1.807) is 57.5 Å². The van der Waals surface area contributed by atoms with Gasteiger partial charge in [0.15, 0.2) is 0 Å². The standard InChI is InChI=1S/C24H24ClNO4/c1-16(26-15-17-14-18(25)12-13-21(17)27)24(28,19-8-4-6-10-22(19)29-2)20-9-5-7-11-23(20)30-3/h4-16,27-28H,1-3H3. The first-order valence-electron chi connectivity index (χ1n) is 9.42. The topological polar surface area (TPSA) is 71.3 Å². The quantitative estimate of drug-likeness (QED) is 0.533. The average molecular weight is 426 g/mol. The maximum atomic E-state index is 12.1. The first-order chi connectivity index (χ1) is 14.4. The first-order valence-corrected chi connectivity index (χ1v) is 9.80. The molecule has 0 saturated heterocycles. The van der Waals surface area contributed by atoms with Gasteiger partial charge in [0, 0.05) is 27.9 Å². The summed E-state index contributed by atoms with van der Waals surface area (Å²) in [5, 5.41) is 22.7. The molecule has 0 aliphatic heterocycles. The highest BCUT2D eigenvalue weighted by Crippen LogP contribution is 2.43. The van der Waals surface area contributed by atoms with E-state index in [4.69, 9.17) is 21.1 Å². The van der Waals surface area contributed by atoms with Crippen molar-refractivity contribution in [2.24, 2.45) is 4.99 Å². The third-order valence-electron chi connectivity index (χ3n) is 5.07. The highest BCUT2D eigenvalue weighted by molar-refractivity contribution is 6.30. The van der Waals surface area contributed by atoms with Gasteiger partial charge in [0.05, 0.1) is 20.3 Å². The smallest absolute Gasteiger partial charge is 0.144 e. The van der Waals surface area contributed by atoms with E-state index >= 15 is 0 Å². The lowest BCUT2D eigenvalue weighted by Gasteiger charge is -2.35. The third kappa shape index (κ3) is 4.13. The molecule has 0 aromatic heterocycles. The summed E-state index contributed by atoms with van der Waals surface area (Å²) >= 11 is 6.04. The predicted molar refractivity (Wildman–Crippen MR) is 119 cm³/mol. The molecule has 0 spiro atoms. The molecule has 2 N–H and O–H groups in total. The normalized spacial score (nSPS) is 12.7. The van der Waals surface area contributed by atoms with Gasteiger partial charge in [-0.2, -0.15) is 0 Å². The van der Waals surface area contributed by atoms with Crippen molar-refractivity contribution in [1.82, 2.24) is 0 Å². The fourth-order valence-corrected chi connectivity index (χ4v) is 3.62. The lowest BCUT2D eigenvalue weighted by molar-refractivity contribution is 0.0538. The van der Waals surface area contributed by atoms with Crippen LogP contribution in [0.15, 0.2) is 71.7 Å². The van der Waals surface area contributed by atoms with Gasteiger partial charge >= 0.3 is 0 Å². The third-order valence-corrected chi connectivity index (χ3v) is 5.30. The number of halogens is 1. The number of hydrogen-bond acceptors (Lipinski definition) is 5. The van der Waals surface area contributed by atoms with Crippen LogP contribution in [-0.2, 0) is 5.60 Å². The number of nitrogens with zero attached hydrogens (tertiary/aromatic N) is 1. The largest absolute Gasteiger partial charge is 0.507 e. The van der Waals surface area contributed by atoms with E-state index in [1.807, 2.05) is 24.3 Å². The molecular weight excluding hydrogens is 402 g/mol. The zero-order chi connectivity index (χ0) is 21.7.